The summed E-state index contributed by atoms with van der Waals surface area (Å²) >= 11 is 0. The van der Waals surface area contributed by atoms with Crippen molar-refractivity contribution in [3.05, 3.63) is 59.9 Å². The van der Waals surface area contributed by atoms with Crippen molar-refractivity contribution in [2.75, 3.05) is 19.0 Å². The standard InChI is InChI=1S/C18H20FN5O/c1-23(2)18-22-9-14(24(18)3)8-21-17(25)16-11-20-10-15(16)12-4-6-13(19)7-5-12/h4-7,9-11,20H,8H2,1-3H3,(H,21,25). The van der Waals surface area contributed by atoms with E-state index in [-0.39, 0.29) is 11.7 Å². The van der Waals surface area contributed by atoms with Gasteiger partial charge < -0.3 is 19.8 Å². The number of carbonyl (C=O) groups excluding carboxylic acids is 1. The molecular weight excluding hydrogens is 321 g/mol. The molecule has 7 heteroatoms. The Hall–Kier alpha value is -3.09. The van der Waals surface area contributed by atoms with Crippen LogP contribution in [0.25, 0.3) is 11.1 Å². The van der Waals surface area contributed by atoms with Gasteiger partial charge in [0.1, 0.15) is 5.82 Å². The number of imidazole rings is 1. The molecule has 0 saturated carbocycles. The molecule has 0 fully saturated rings. The normalized spacial score (nSPS) is 10.7. The monoisotopic (exact) mass is 341 g/mol. The first-order chi connectivity index (χ1) is 12.0. The second-order valence-corrected chi connectivity index (χ2v) is 5.98. The van der Waals surface area contributed by atoms with Crippen LogP contribution in [0.5, 0.6) is 0 Å². The van der Waals surface area contributed by atoms with E-state index < -0.39 is 0 Å². The minimum absolute atomic E-state index is 0.201. The largest absolute Gasteiger partial charge is 0.366 e. The van der Waals surface area contributed by atoms with Crippen molar-refractivity contribution >= 4 is 11.9 Å². The molecule has 3 aromatic rings. The quantitative estimate of drug-likeness (QED) is 0.749. The number of anilines is 1. The van der Waals surface area contributed by atoms with Gasteiger partial charge in [-0.1, -0.05) is 12.1 Å². The molecule has 0 spiro atoms. The van der Waals surface area contributed by atoms with Gasteiger partial charge in [-0.25, -0.2) is 9.37 Å². The van der Waals surface area contributed by atoms with Crippen LogP contribution in [0, 0.1) is 5.82 Å². The molecule has 1 aromatic carbocycles. The van der Waals surface area contributed by atoms with E-state index in [4.69, 9.17) is 0 Å². The average molecular weight is 341 g/mol. The highest BCUT2D eigenvalue weighted by molar-refractivity contribution is 6.00. The predicted molar refractivity (Wildman–Crippen MR) is 94.9 cm³/mol. The zero-order valence-corrected chi connectivity index (χ0v) is 14.4. The van der Waals surface area contributed by atoms with Crippen molar-refractivity contribution < 1.29 is 9.18 Å². The fourth-order valence-corrected chi connectivity index (χ4v) is 2.70. The first-order valence-electron chi connectivity index (χ1n) is 7.86. The molecule has 0 aliphatic carbocycles. The van der Waals surface area contributed by atoms with Crippen LogP contribution in [-0.4, -0.2) is 34.5 Å². The maximum absolute atomic E-state index is 13.1. The van der Waals surface area contributed by atoms with Crippen molar-refractivity contribution in [1.82, 2.24) is 19.9 Å². The van der Waals surface area contributed by atoms with Crippen LogP contribution in [0.2, 0.25) is 0 Å². The third-order valence-corrected chi connectivity index (χ3v) is 4.04. The van der Waals surface area contributed by atoms with Gasteiger partial charge in [0.05, 0.1) is 24.0 Å². The van der Waals surface area contributed by atoms with Gasteiger partial charge in [-0.3, -0.25) is 4.79 Å². The molecule has 3 rings (SSSR count). The maximum Gasteiger partial charge on any atom is 0.253 e. The summed E-state index contributed by atoms with van der Waals surface area (Å²) < 4.78 is 15.0. The molecule has 0 aliphatic rings. The summed E-state index contributed by atoms with van der Waals surface area (Å²) in [5.41, 5.74) is 2.93. The average Bonchev–Trinajstić information content (AvgIpc) is 3.20. The lowest BCUT2D eigenvalue weighted by atomic mass is 10.0. The molecule has 0 aliphatic heterocycles. The number of benzene rings is 1. The Balaban J connectivity index is 1.75. The lowest BCUT2D eigenvalue weighted by molar-refractivity contribution is 0.0951. The number of halogens is 1. The zero-order chi connectivity index (χ0) is 18.0. The molecule has 0 bridgehead atoms. The third-order valence-electron chi connectivity index (χ3n) is 4.04. The summed E-state index contributed by atoms with van der Waals surface area (Å²) in [6.07, 6.45) is 5.12. The zero-order valence-electron chi connectivity index (χ0n) is 14.4. The number of aromatic nitrogens is 3. The van der Waals surface area contributed by atoms with E-state index >= 15 is 0 Å². The number of H-pyrrole nitrogens is 1. The summed E-state index contributed by atoms with van der Waals surface area (Å²) in [4.78, 5) is 21.7. The molecule has 2 heterocycles. The lowest BCUT2D eigenvalue weighted by Crippen LogP contribution is -2.24. The summed E-state index contributed by atoms with van der Waals surface area (Å²) in [5, 5.41) is 2.90. The highest BCUT2D eigenvalue weighted by atomic mass is 19.1. The van der Waals surface area contributed by atoms with E-state index in [1.165, 1.54) is 12.1 Å². The van der Waals surface area contributed by atoms with Gasteiger partial charge in [0.15, 0.2) is 0 Å². The number of hydrogen-bond acceptors (Lipinski definition) is 3. The van der Waals surface area contributed by atoms with Crippen LogP contribution in [0.4, 0.5) is 10.3 Å². The predicted octanol–water partition coefficient (Wildman–Crippen LogP) is 2.55. The topological polar surface area (TPSA) is 66.0 Å². The molecule has 2 aromatic heterocycles. The van der Waals surface area contributed by atoms with E-state index in [0.29, 0.717) is 12.1 Å². The molecule has 2 N–H and O–H groups in total. The number of nitrogens with one attached hydrogen (secondary N) is 2. The Morgan fingerprint density at radius 3 is 2.64 bits per heavy atom. The molecule has 6 nitrogen and oxygen atoms in total. The Morgan fingerprint density at radius 2 is 2.00 bits per heavy atom. The number of hydrogen-bond donors (Lipinski definition) is 2. The van der Waals surface area contributed by atoms with E-state index in [2.05, 4.69) is 15.3 Å². The van der Waals surface area contributed by atoms with Crippen LogP contribution < -0.4 is 10.2 Å². The number of amides is 1. The van der Waals surface area contributed by atoms with Crippen LogP contribution in [-0.2, 0) is 13.6 Å². The summed E-state index contributed by atoms with van der Waals surface area (Å²) in [5.74, 6) is 0.310. The molecule has 0 saturated heterocycles. The SMILES string of the molecule is CN(C)c1ncc(CNC(=O)c2c[nH]cc2-c2ccc(F)cc2)n1C. The third kappa shape index (κ3) is 3.40. The second-order valence-electron chi connectivity index (χ2n) is 5.98. The van der Waals surface area contributed by atoms with E-state index in [9.17, 15) is 9.18 Å². The molecule has 130 valence electrons. The van der Waals surface area contributed by atoms with Crippen LogP contribution in [0.1, 0.15) is 16.1 Å². The Morgan fingerprint density at radius 1 is 1.28 bits per heavy atom. The van der Waals surface area contributed by atoms with Crippen LogP contribution in [0.15, 0.2) is 42.9 Å². The smallest absolute Gasteiger partial charge is 0.253 e. The Kier molecular flexibility index (Phi) is 4.56. The number of carbonyl (C=O) groups is 1. The highest BCUT2D eigenvalue weighted by Gasteiger charge is 2.15. The van der Waals surface area contributed by atoms with Gasteiger partial charge in [-0.05, 0) is 17.7 Å². The first-order valence-corrected chi connectivity index (χ1v) is 7.86. The van der Waals surface area contributed by atoms with Crippen molar-refractivity contribution in [2.45, 2.75) is 6.54 Å². The number of nitrogens with zero attached hydrogens (tertiary/aromatic N) is 3. The molecule has 0 radical (unpaired) electrons. The van der Waals surface area contributed by atoms with Gasteiger partial charge in [0.25, 0.3) is 5.91 Å². The van der Waals surface area contributed by atoms with E-state index in [1.807, 2.05) is 30.6 Å². The Labute approximate surface area is 145 Å². The van der Waals surface area contributed by atoms with Crippen molar-refractivity contribution in [2.24, 2.45) is 7.05 Å². The molecular formula is C18H20FN5O. The second kappa shape index (κ2) is 6.80. The van der Waals surface area contributed by atoms with Gasteiger partial charge in [0.2, 0.25) is 5.95 Å². The van der Waals surface area contributed by atoms with Crippen molar-refractivity contribution in [3.8, 4) is 11.1 Å². The summed E-state index contributed by atoms with van der Waals surface area (Å²) in [7, 11) is 5.74. The Bertz CT molecular complexity index is 879. The molecule has 25 heavy (non-hydrogen) atoms. The molecule has 0 unspecified atom stereocenters. The van der Waals surface area contributed by atoms with Gasteiger partial charge in [-0.15, -0.1) is 0 Å². The fraction of sp³-hybridized carbons (Fsp3) is 0.222. The van der Waals surface area contributed by atoms with Crippen LogP contribution in [0.3, 0.4) is 0 Å². The van der Waals surface area contributed by atoms with Gasteiger partial charge >= 0.3 is 0 Å². The molecule has 0 atom stereocenters. The van der Waals surface area contributed by atoms with Crippen LogP contribution >= 0.6 is 0 Å². The number of aromatic amines is 1. The maximum atomic E-state index is 13.1. The van der Waals surface area contributed by atoms with Gasteiger partial charge in [0, 0.05) is 39.1 Å². The number of rotatable bonds is 5. The minimum Gasteiger partial charge on any atom is -0.366 e. The van der Waals surface area contributed by atoms with E-state index in [0.717, 1.165) is 22.8 Å². The van der Waals surface area contributed by atoms with Crippen molar-refractivity contribution in [3.63, 3.8) is 0 Å². The molecule has 1 amide bonds. The van der Waals surface area contributed by atoms with Gasteiger partial charge in [-0.2, -0.15) is 0 Å². The highest BCUT2D eigenvalue weighted by Crippen LogP contribution is 2.23. The fourth-order valence-electron chi connectivity index (χ4n) is 2.70. The minimum atomic E-state index is -0.307. The van der Waals surface area contributed by atoms with Crippen molar-refractivity contribution in [1.29, 1.82) is 0 Å². The summed E-state index contributed by atoms with van der Waals surface area (Å²) in [6.45, 7) is 0.365. The lowest BCUT2D eigenvalue weighted by Gasteiger charge is -2.13. The first kappa shape index (κ1) is 16.8. The van der Waals surface area contributed by atoms with E-state index in [1.54, 1.807) is 30.7 Å². The summed E-state index contributed by atoms with van der Waals surface area (Å²) in [6, 6.07) is 6.06.